The maximum absolute atomic E-state index is 5.47. The van der Waals surface area contributed by atoms with Gasteiger partial charge in [0.2, 0.25) is 0 Å². The van der Waals surface area contributed by atoms with Crippen LogP contribution in [-0.2, 0) is 27.3 Å². The molecular weight excluding hydrogens is 246 g/mol. The van der Waals surface area contributed by atoms with Gasteiger partial charge in [-0.15, -0.1) is 0 Å². The van der Waals surface area contributed by atoms with Gasteiger partial charge in [-0.05, 0) is 6.54 Å². The van der Waals surface area contributed by atoms with Crippen LogP contribution in [0.1, 0.15) is 12.5 Å². The first-order chi connectivity index (χ1) is 9.36. The lowest BCUT2D eigenvalue weighted by Gasteiger charge is -2.05. The van der Waals surface area contributed by atoms with Gasteiger partial charge in [0.1, 0.15) is 0 Å². The van der Waals surface area contributed by atoms with Gasteiger partial charge >= 0.3 is 0 Å². The molecule has 0 spiro atoms. The molecule has 0 unspecified atom stereocenters. The molecule has 0 aromatic carbocycles. The molecule has 19 heavy (non-hydrogen) atoms. The molecule has 1 heterocycles. The van der Waals surface area contributed by atoms with Crippen molar-refractivity contribution < 1.29 is 14.2 Å². The van der Waals surface area contributed by atoms with Crippen molar-refractivity contribution in [2.75, 3.05) is 46.7 Å². The second kappa shape index (κ2) is 10.9. The predicted molar refractivity (Wildman–Crippen MR) is 73.1 cm³/mol. The molecule has 0 saturated carbocycles. The summed E-state index contributed by atoms with van der Waals surface area (Å²) in [6.07, 6.45) is 3.93. The smallest absolute Gasteiger partial charge is 0.0701 e. The highest BCUT2D eigenvalue weighted by Crippen LogP contribution is 1.97. The van der Waals surface area contributed by atoms with Gasteiger partial charge in [-0.25, -0.2) is 0 Å². The van der Waals surface area contributed by atoms with Crippen molar-refractivity contribution >= 4 is 0 Å². The molecule has 0 amide bonds. The van der Waals surface area contributed by atoms with E-state index in [1.165, 1.54) is 5.56 Å². The highest BCUT2D eigenvalue weighted by Gasteiger charge is 1.98. The van der Waals surface area contributed by atoms with E-state index in [1.54, 1.807) is 7.11 Å². The Morgan fingerprint density at radius 3 is 2.63 bits per heavy atom. The number of ether oxygens (including phenoxy) is 3. The minimum atomic E-state index is 0.605. The third-order valence-corrected chi connectivity index (χ3v) is 2.53. The lowest BCUT2D eigenvalue weighted by molar-refractivity contribution is 0.0225. The normalized spacial score (nSPS) is 11.1. The van der Waals surface area contributed by atoms with E-state index < -0.39 is 0 Å². The molecule has 0 saturated heterocycles. The molecule has 6 nitrogen and oxygen atoms in total. The number of rotatable bonds is 12. The largest absolute Gasteiger partial charge is 0.382 e. The van der Waals surface area contributed by atoms with Gasteiger partial charge in [0.25, 0.3) is 0 Å². The minimum absolute atomic E-state index is 0.605. The van der Waals surface area contributed by atoms with Crippen LogP contribution in [0.3, 0.4) is 0 Å². The van der Waals surface area contributed by atoms with Crippen LogP contribution in [0.5, 0.6) is 0 Å². The standard InChI is InChI=1S/C13H25N3O3/c1-3-14-10-13-11-15-16(12-13)4-5-18-8-9-19-7-6-17-2/h11-12,14H,3-10H2,1-2H3. The molecule has 0 aliphatic rings. The van der Waals surface area contributed by atoms with E-state index >= 15 is 0 Å². The van der Waals surface area contributed by atoms with Crippen LogP contribution in [0.15, 0.2) is 12.4 Å². The van der Waals surface area contributed by atoms with E-state index in [2.05, 4.69) is 17.3 Å². The molecular formula is C13H25N3O3. The van der Waals surface area contributed by atoms with Crippen molar-refractivity contribution in [3.05, 3.63) is 18.0 Å². The van der Waals surface area contributed by atoms with Crippen molar-refractivity contribution in [1.82, 2.24) is 15.1 Å². The van der Waals surface area contributed by atoms with Crippen LogP contribution in [0, 0.1) is 0 Å². The number of methoxy groups -OCH3 is 1. The first kappa shape index (κ1) is 16.1. The highest BCUT2D eigenvalue weighted by molar-refractivity contribution is 5.02. The molecule has 1 rings (SSSR count). The Morgan fingerprint density at radius 1 is 1.16 bits per heavy atom. The molecule has 1 N–H and O–H groups in total. The minimum Gasteiger partial charge on any atom is -0.382 e. The maximum atomic E-state index is 5.47. The van der Waals surface area contributed by atoms with Gasteiger partial charge in [-0.1, -0.05) is 6.92 Å². The molecule has 1 aromatic rings. The van der Waals surface area contributed by atoms with Crippen LogP contribution >= 0.6 is 0 Å². The van der Waals surface area contributed by atoms with Crippen LogP contribution in [0.25, 0.3) is 0 Å². The molecule has 0 atom stereocenters. The number of aromatic nitrogens is 2. The third-order valence-electron chi connectivity index (χ3n) is 2.53. The Hall–Kier alpha value is -0.950. The van der Waals surface area contributed by atoms with Crippen molar-refractivity contribution in [2.45, 2.75) is 20.0 Å². The Kier molecular flexibility index (Phi) is 9.26. The molecule has 0 radical (unpaired) electrons. The summed E-state index contributed by atoms with van der Waals surface area (Å²) in [5.41, 5.74) is 1.20. The second-order valence-electron chi connectivity index (χ2n) is 4.11. The van der Waals surface area contributed by atoms with Crippen molar-refractivity contribution in [2.24, 2.45) is 0 Å². The fourth-order valence-corrected chi connectivity index (χ4v) is 1.51. The zero-order valence-electron chi connectivity index (χ0n) is 11.9. The van der Waals surface area contributed by atoms with Gasteiger partial charge in [0.05, 0.1) is 45.8 Å². The quantitative estimate of drug-likeness (QED) is 0.566. The van der Waals surface area contributed by atoms with Crippen molar-refractivity contribution in [3.63, 3.8) is 0 Å². The van der Waals surface area contributed by atoms with Crippen molar-refractivity contribution in [3.8, 4) is 0 Å². The van der Waals surface area contributed by atoms with Gasteiger partial charge in [-0.3, -0.25) is 4.68 Å². The van der Waals surface area contributed by atoms with Crippen LogP contribution in [0.4, 0.5) is 0 Å². The Balaban J connectivity index is 1.98. The Morgan fingerprint density at radius 2 is 1.89 bits per heavy atom. The monoisotopic (exact) mass is 271 g/mol. The summed E-state index contributed by atoms with van der Waals surface area (Å²) in [7, 11) is 1.66. The molecule has 0 aliphatic carbocycles. The average molecular weight is 271 g/mol. The van der Waals surface area contributed by atoms with E-state index in [4.69, 9.17) is 14.2 Å². The molecule has 0 aliphatic heterocycles. The van der Waals surface area contributed by atoms with Gasteiger partial charge in [0.15, 0.2) is 0 Å². The summed E-state index contributed by atoms with van der Waals surface area (Å²) in [6.45, 7) is 7.80. The van der Waals surface area contributed by atoms with E-state index in [-0.39, 0.29) is 0 Å². The average Bonchev–Trinajstić information content (AvgIpc) is 2.87. The Bertz CT molecular complexity index is 318. The van der Waals surface area contributed by atoms with Crippen LogP contribution in [0.2, 0.25) is 0 Å². The van der Waals surface area contributed by atoms with Gasteiger partial charge in [-0.2, -0.15) is 5.10 Å². The van der Waals surface area contributed by atoms with Crippen LogP contribution < -0.4 is 5.32 Å². The van der Waals surface area contributed by atoms with E-state index in [1.807, 2.05) is 17.1 Å². The number of nitrogens with zero attached hydrogens (tertiary/aromatic N) is 2. The summed E-state index contributed by atoms with van der Waals surface area (Å²) in [4.78, 5) is 0. The summed E-state index contributed by atoms with van der Waals surface area (Å²) in [6, 6.07) is 0. The zero-order chi connectivity index (χ0) is 13.8. The lowest BCUT2D eigenvalue weighted by Crippen LogP contribution is -2.12. The Labute approximate surface area is 115 Å². The summed E-state index contributed by atoms with van der Waals surface area (Å²) < 4.78 is 17.5. The van der Waals surface area contributed by atoms with Gasteiger partial charge in [0, 0.05) is 25.4 Å². The molecule has 0 fully saturated rings. The predicted octanol–water partition coefficient (Wildman–Crippen LogP) is 0.672. The fraction of sp³-hybridized carbons (Fsp3) is 0.769. The molecule has 1 aromatic heterocycles. The third kappa shape index (κ3) is 7.94. The van der Waals surface area contributed by atoms with E-state index in [9.17, 15) is 0 Å². The summed E-state index contributed by atoms with van der Waals surface area (Å²) in [5, 5.41) is 7.54. The SMILES string of the molecule is CCNCc1cnn(CCOCCOCCOC)c1. The lowest BCUT2D eigenvalue weighted by atomic mass is 10.3. The van der Waals surface area contributed by atoms with Crippen LogP contribution in [-0.4, -0.2) is 56.5 Å². The maximum Gasteiger partial charge on any atom is 0.0701 e. The molecule has 6 heteroatoms. The summed E-state index contributed by atoms with van der Waals surface area (Å²) >= 11 is 0. The highest BCUT2D eigenvalue weighted by atomic mass is 16.5. The summed E-state index contributed by atoms with van der Waals surface area (Å²) in [5.74, 6) is 0. The number of hydrogen-bond donors (Lipinski definition) is 1. The first-order valence-corrected chi connectivity index (χ1v) is 6.73. The second-order valence-corrected chi connectivity index (χ2v) is 4.11. The first-order valence-electron chi connectivity index (χ1n) is 6.73. The number of hydrogen-bond acceptors (Lipinski definition) is 5. The van der Waals surface area contributed by atoms with Crippen molar-refractivity contribution in [1.29, 1.82) is 0 Å². The van der Waals surface area contributed by atoms with E-state index in [0.717, 1.165) is 19.6 Å². The zero-order valence-corrected chi connectivity index (χ0v) is 11.9. The number of nitrogens with one attached hydrogen (secondary N) is 1. The molecule has 110 valence electrons. The van der Waals surface area contributed by atoms with E-state index in [0.29, 0.717) is 33.0 Å². The topological polar surface area (TPSA) is 57.5 Å². The van der Waals surface area contributed by atoms with Gasteiger partial charge < -0.3 is 19.5 Å². The fourth-order valence-electron chi connectivity index (χ4n) is 1.51. The molecule has 0 bridgehead atoms.